The van der Waals surface area contributed by atoms with Crippen LogP contribution in [0.25, 0.3) is 22.0 Å². The van der Waals surface area contributed by atoms with Crippen molar-refractivity contribution in [1.82, 2.24) is 10.3 Å². The Bertz CT molecular complexity index is 1870. The van der Waals surface area contributed by atoms with E-state index in [9.17, 15) is 9.90 Å². The first-order chi connectivity index (χ1) is 22.1. The monoisotopic (exact) mass is 600 g/mol. The van der Waals surface area contributed by atoms with Crippen molar-refractivity contribution >= 4 is 16.8 Å². The predicted octanol–water partition coefficient (Wildman–Crippen LogP) is 6.53. The molecule has 7 heteroatoms. The number of hydrogen-bond acceptors (Lipinski definition) is 5. The average molecular weight is 601 g/mol. The topological polar surface area (TPSA) is 92.8 Å². The third-order valence-corrected chi connectivity index (χ3v) is 8.86. The van der Waals surface area contributed by atoms with Gasteiger partial charge >= 0.3 is 0 Å². The lowest BCUT2D eigenvalue weighted by atomic mass is 9.87. The quantitative estimate of drug-likeness (QED) is 0.166. The molecule has 0 saturated heterocycles. The minimum Gasteiger partial charge on any atom is -0.497 e. The summed E-state index contributed by atoms with van der Waals surface area (Å²) in [6, 6.07) is 28.6. The summed E-state index contributed by atoms with van der Waals surface area (Å²) in [5, 5.41) is 13.5. The molecule has 1 aromatic heterocycles. The van der Waals surface area contributed by atoms with Crippen LogP contribution in [-0.4, -0.2) is 35.9 Å². The second kappa shape index (κ2) is 12.6. The Hall–Kier alpha value is -4.85. The molecule has 1 aliphatic carbocycles. The molecular formula is C38H36N2O5. The van der Waals surface area contributed by atoms with Crippen LogP contribution < -0.4 is 10.1 Å². The molecule has 0 radical (unpaired) electrons. The van der Waals surface area contributed by atoms with Gasteiger partial charge in [0.25, 0.3) is 5.91 Å². The van der Waals surface area contributed by atoms with E-state index < -0.39 is 6.29 Å². The number of carbonyl (C=O) groups excluding carboxylic acids is 1. The van der Waals surface area contributed by atoms with Crippen molar-refractivity contribution in [1.29, 1.82) is 0 Å². The number of aliphatic hydroxyl groups is 1. The van der Waals surface area contributed by atoms with Gasteiger partial charge < -0.3 is 29.6 Å². The van der Waals surface area contributed by atoms with Crippen LogP contribution in [0.2, 0.25) is 0 Å². The highest BCUT2D eigenvalue weighted by atomic mass is 16.7. The van der Waals surface area contributed by atoms with Crippen LogP contribution in [0.4, 0.5) is 0 Å². The summed E-state index contributed by atoms with van der Waals surface area (Å²) < 4.78 is 17.9. The van der Waals surface area contributed by atoms with Gasteiger partial charge in [-0.3, -0.25) is 4.79 Å². The molecule has 0 spiro atoms. The van der Waals surface area contributed by atoms with Crippen LogP contribution in [0.1, 0.15) is 45.7 Å². The Morgan fingerprint density at radius 2 is 1.82 bits per heavy atom. The maximum atomic E-state index is 13.6. The summed E-state index contributed by atoms with van der Waals surface area (Å²) in [7, 11) is 1.66. The standard InChI is InChI=1S/C38H36N2O5/c1-43-29-13-14-35-33(20-29)27(21-40-35)15-16-39-38(42)36-18-28(19-37(45-36)44-23-25-11-9-24(22-41)10-12-25)31-7-4-8-32-30-6-3-2-5-26(30)17-34(31)32/h2-14,18,20-21,28,37,40-41H,15-17,19,22-23H2,1H3,(H,39,42)/t28-,37+/m1/s1. The Morgan fingerprint density at radius 1 is 1.00 bits per heavy atom. The van der Waals surface area contributed by atoms with Gasteiger partial charge in [-0.2, -0.15) is 0 Å². The maximum Gasteiger partial charge on any atom is 0.286 e. The first-order valence-electron chi connectivity index (χ1n) is 15.4. The number of aliphatic hydroxyl groups excluding tert-OH is 1. The van der Waals surface area contributed by atoms with Crippen LogP contribution in [0.5, 0.6) is 5.75 Å². The Labute approximate surface area is 262 Å². The molecule has 0 saturated carbocycles. The van der Waals surface area contributed by atoms with E-state index in [1.807, 2.05) is 54.7 Å². The smallest absolute Gasteiger partial charge is 0.286 e. The lowest BCUT2D eigenvalue weighted by Crippen LogP contribution is -2.34. The highest BCUT2D eigenvalue weighted by Gasteiger charge is 2.32. The minimum atomic E-state index is -0.598. The largest absolute Gasteiger partial charge is 0.497 e. The third-order valence-electron chi connectivity index (χ3n) is 8.86. The summed E-state index contributed by atoms with van der Waals surface area (Å²) in [4.78, 5) is 16.9. The number of benzene rings is 4. The van der Waals surface area contributed by atoms with Crippen molar-refractivity contribution in [3.8, 4) is 16.9 Å². The summed E-state index contributed by atoms with van der Waals surface area (Å²) in [6.07, 6.45) is 5.46. The van der Waals surface area contributed by atoms with Crippen LogP contribution >= 0.6 is 0 Å². The first kappa shape index (κ1) is 28.9. The van der Waals surface area contributed by atoms with Crippen LogP contribution in [0, 0.1) is 0 Å². The summed E-state index contributed by atoms with van der Waals surface area (Å²) in [5.74, 6) is 0.770. The molecule has 1 amide bonds. The number of nitrogens with one attached hydrogen (secondary N) is 2. The molecular weight excluding hydrogens is 564 g/mol. The van der Waals surface area contributed by atoms with Gasteiger partial charge in [0, 0.05) is 36.0 Å². The Balaban J connectivity index is 1.10. The van der Waals surface area contributed by atoms with E-state index in [4.69, 9.17) is 14.2 Å². The van der Waals surface area contributed by atoms with Gasteiger partial charge in [-0.1, -0.05) is 66.7 Å². The number of aromatic nitrogens is 1. The molecule has 0 unspecified atom stereocenters. The highest BCUT2D eigenvalue weighted by Crippen LogP contribution is 2.43. The molecule has 3 N–H and O–H groups in total. The normalized spacial score (nSPS) is 16.9. The second-order valence-corrected chi connectivity index (χ2v) is 11.6. The number of fused-ring (bicyclic) bond motifs is 4. The van der Waals surface area contributed by atoms with E-state index in [1.54, 1.807) is 7.11 Å². The number of methoxy groups -OCH3 is 1. The molecule has 7 rings (SSSR count). The number of ether oxygens (including phenoxy) is 3. The molecule has 4 aromatic carbocycles. The van der Waals surface area contributed by atoms with Gasteiger partial charge in [-0.15, -0.1) is 0 Å². The second-order valence-electron chi connectivity index (χ2n) is 11.6. The summed E-state index contributed by atoms with van der Waals surface area (Å²) >= 11 is 0. The fraction of sp³-hybridized carbons (Fsp3) is 0.237. The van der Waals surface area contributed by atoms with Crippen molar-refractivity contribution in [2.24, 2.45) is 0 Å². The number of H-pyrrole nitrogens is 1. The maximum absolute atomic E-state index is 13.6. The van der Waals surface area contributed by atoms with Gasteiger partial charge in [0.1, 0.15) is 5.75 Å². The Morgan fingerprint density at radius 3 is 2.67 bits per heavy atom. The zero-order valence-corrected chi connectivity index (χ0v) is 25.2. The minimum absolute atomic E-state index is 0.00240. The van der Waals surface area contributed by atoms with Crippen LogP contribution in [0.15, 0.2) is 103 Å². The number of carbonyl (C=O) groups is 1. The van der Waals surface area contributed by atoms with E-state index in [-0.39, 0.29) is 24.2 Å². The molecule has 7 nitrogen and oxygen atoms in total. The fourth-order valence-corrected chi connectivity index (χ4v) is 6.48. The van der Waals surface area contributed by atoms with Crippen molar-refractivity contribution in [3.63, 3.8) is 0 Å². The van der Waals surface area contributed by atoms with Crippen molar-refractivity contribution in [2.75, 3.05) is 13.7 Å². The molecule has 2 heterocycles. The highest BCUT2D eigenvalue weighted by molar-refractivity contribution is 5.92. The Kier molecular flexibility index (Phi) is 8.11. The van der Waals surface area contributed by atoms with Gasteiger partial charge in [0.15, 0.2) is 5.76 Å². The molecule has 0 bridgehead atoms. The van der Waals surface area contributed by atoms with Crippen LogP contribution in [-0.2, 0) is 40.3 Å². The average Bonchev–Trinajstić information content (AvgIpc) is 3.68. The van der Waals surface area contributed by atoms with Crippen LogP contribution in [0.3, 0.4) is 0 Å². The molecule has 45 heavy (non-hydrogen) atoms. The molecule has 0 fully saturated rings. The van der Waals surface area contributed by atoms with Crippen molar-refractivity contribution < 1.29 is 24.1 Å². The van der Waals surface area contributed by atoms with Crippen molar-refractivity contribution in [3.05, 3.63) is 136 Å². The number of amides is 1. The molecule has 1 aliphatic heterocycles. The van der Waals surface area contributed by atoms with E-state index in [2.05, 4.69) is 52.8 Å². The van der Waals surface area contributed by atoms with Gasteiger partial charge in [0.05, 0.1) is 20.3 Å². The van der Waals surface area contributed by atoms with E-state index >= 15 is 0 Å². The van der Waals surface area contributed by atoms with Gasteiger partial charge in [-0.05, 0) is 81.6 Å². The third kappa shape index (κ3) is 5.97. The molecule has 2 aliphatic rings. The van der Waals surface area contributed by atoms with E-state index in [0.29, 0.717) is 26.0 Å². The molecule has 5 aromatic rings. The molecule has 2 atom stereocenters. The van der Waals surface area contributed by atoms with E-state index in [1.165, 1.54) is 27.8 Å². The zero-order chi connectivity index (χ0) is 30.8. The zero-order valence-electron chi connectivity index (χ0n) is 25.2. The van der Waals surface area contributed by atoms with Gasteiger partial charge in [0.2, 0.25) is 6.29 Å². The predicted molar refractivity (Wildman–Crippen MR) is 174 cm³/mol. The lowest BCUT2D eigenvalue weighted by molar-refractivity contribution is -0.150. The SMILES string of the molecule is COc1ccc2[nH]cc(CCNC(=O)C3=C[C@@H](c4cccc5c4Cc4ccccc4-5)C[C@@H](OCc4ccc(CO)cc4)O3)c2c1. The number of hydrogen-bond donors (Lipinski definition) is 3. The number of rotatable bonds is 10. The number of aromatic amines is 1. The van der Waals surface area contributed by atoms with Crippen molar-refractivity contribution in [2.45, 2.75) is 44.7 Å². The molecule has 228 valence electrons. The fourth-order valence-electron chi connectivity index (χ4n) is 6.48. The van der Waals surface area contributed by atoms with Gasteiger partial charge in [-0.25, -0.2) is 0 Å². The lowest BCUT2D eigenvalue weighted by Gasteiger charge is -2.30. The summed E-state index contributed by atoms with van der Waals surface area (Å²) in [6.45, 7) is 0.783. The van der Waals surface area contributed by atoms with E-state index in [0.717, 1.165) is 39.8 Å². The summed E-state index contributed by atoms with van der Waals surface area (Å²) in [5.41, 5.74) is 10.3. The first-order valence-corrected chi connectivity index (χ1v) is 15.4. The number of allylic oxidation sites excluding steroid dienone is 1.